The summed E-state index contributed by atoms with van der Waals surface area (Å²) < 4.78 is 5.14. The maximum atomic E-state index is 12.5. The minimum absolute atomic E-state index is 0.0482. The standard InChI is InChI=1S/C14H19N3O3/c1-10(18)16-5-2-11(3-6-16)14(19)17-7-4-13-12(9-17)8-15-20-13/h8,11H,2-7,9H2,1H3. The van der Waals surface area contributed by atoms with Gasteiger partial charge in [-0.1, -0.05) is 5.16 Å². The van der Waals surface area contributed by atoms with Gasteiger partial charge >= 0.3 is 0 Å². The van der Waals surface area contributed by atoms with Crippen molar-refractivity contribution < 1.29 is 14.1 Å². The van der Waals surface area contributed by atoms with Gasteiger partial charge in [0.25, 0.3) is 0 Å². The molecule has 6 nitrogen and oxygen atoms in total. The van der Waals surface area contributed by atoms with Crippen LogP contribution in [0.3, 0.4) is 0 Å². The zero-order valence-corrected chi connectivity index (χ0v) is 11.7. The summed E-state index contributed by atoms with van der Waals surface area (Å²) in [7, 11) is 0. The molecule has 0 atom stereocenters. The average Bonchev–Trinajstić information content (AvgIpc) is 2.94. The van der Waals surface area contributed by atoms with Crippen LogP contribution in [0, 0.1) is 5.92 Å². The molecule has 108 valence electrons. The first-order valence-corrected chi connectivity index (χ1v) is 7.12. The number of carbonyl (C=O) groups is 2. The first kappa shape index (κ1) is 13.1. The van der Waals surface area contributed by atoms with Crippen LogP contribution in [-0.2, 0) is 22.6 Å². The van der Waals surface area contributed by atoms with Crippen molar-refractivity contribution in [1.29, 1.82) is 0 Å². The van der Waals surface area contributed by atoms with Gasteiger partial charge in [-0.05, 0) is 12.8 Å². The molecule has 2 amide bonds. The molecule has 0 bridgehead atoms. The molecule has 2 aliphatic rings. The molecule has 3 rings (SSSR count). The fourth-order valence-corrected chi connectivity index (χ4v) is 3.03. The minimum Gasteiger partial charge on any atom is -0.361 e. The van der Waals surface area contributed by atoms with Crippen LogP contribution in [0.2, 0.25) is 0 Å². The van der Waals surface area contributed by atoms with E-state index < -0.39 is 0 Å². The summed E-state index contributed by atoms with van der Waals surface area (Å²) in [5, 5.41) is 3.78. The number of carbonyl (C=O) groups excluding carboxylic acids is 2. The number of rotatable bonds is 1. The van der Waals surface area contributed by atoms with Gasteiger partial charge in [0.15, 0.2) is 0 Å². The molecule has 3 heterocycles. The maximum Gasteiger partial charge on any atom is 0.226 e. The first-order chi connectivity index (χ1) is 9.65. The van der Waals surface area contributed by atoms with Crippen molar-refractivity contribution in [1.82, 2.24) is 15.0 Å². The highest BCUT2D eigenvalue weighted by Crippen LogP contribution is 2.24. The van der Waals surface area contributed by atoms with Gasteiger partial charge in [-0.25, -0.2) is 0 Å². The number of piperidine rings is 1. The highest BCUT2D eigenvalue weighted by Gasteiger charge is 2.31. The third kappa shape index (κ3) is 2.42. The Kier molecular flexibility index (Phi) is 3.46. The van der Waals surface area contributed by atoms with E-state index in [1.165, 1.54) is 0 Å². The third-order valence-corrected chi connectivity index (χ3v) is 4.30. The Bertz CT molecular complexity index is 517. The van der Waals surface area contributed by atoms with E-state index in [0.29, 0.717) is 26.2 Å². The molecule has 1 aromatic rings. The summed E-state index contributed by atoms with van der Waals surface area (Å²) >= 11 is 0. The molecule has 1 fully saturated rings. The van der Waals surface area contributed by atoms with E-state index in [1.54, 1.807) is 13.1 Å². The van der Waals surface area contributed by atoms with E-state index in [9.17, 15) is 9.59 Å². The normalized spacial score (nSPS) is 19.9. The molecular formula is C14H19N3O3. The molecule has 0 unspecified atom stereocenters. The molecule has 0 N–H and O–H groups in total. The van der Waals surface area contributed by atoms with Crippen molar-refractivity contribution >= 4 is 11.8 Å². The summed E-state index contributed by atoms with van der Waals surface area (Å²) in [4.78, 5) is 27.5. The van der Waals surface area contributed by atoms with Gasteiger partial charge in [-0.3, -0.25) is 9.59 Å². The summed E-state index contributed by atoms with van der Waals surface area (Å²) in [6, 6.07) is 0. The van der Waals surface area contributed by atoms with Gasteiger partial charge in [0, 0.05) is 44.5 Å². The van der Waals surface area contributed by atoms with E-state index in [1.807, 2.05) is 9.80 Å². The molecule has 0 radical (unpaired) electrons. The Morgan fingerprint density at radius 2 is 2.00 bits per heavy atom. The Labute approximate surface area is 117 Å². The molecule has 20 heavy (non-hydrogen) atoms. The van der Waals surface area contributed by atoms with Crippen molar-refractivity contribution in [2.24, 2.45) is 5.92 Å². The third-order valence-electron chi connectivity index (χ3n) is 4.30. The Hall–Kier alpha value is -1.85. The molecule has 0 aliphatic carbocycles. The van der Waals surface area contributed by atoms with Gasteiger partial charge in [-0.15, -0.1) is 0 Å². The lowest BCUT2D eigenvalue weighted by molar-refractivity contribution is -0.140. The van der Waals surface area contributed by atoms with E-state index in [4.69, 9.17) is 4.52 Å². The van der Waals surface area contributed by atoms with E-state index in [0.717, 1.165) is 30.6 Å². The van der Waals surface area contributed by atoms with Crippen molar-refractivity contribution in [2.75, 3.05) is 19.6 Å². The number of hydrogen-bond donors (Lipinski definition) is 0. The average molecular weight is 277 g/mol. The van der Waals surface area contributed by atoms with Crippen molar-refractivity contribution in [3.63, 3.8) is 0 Å². The Morgan fingerprint density at radius 1 is 1.25 bits per heavy atom. The van der Waals surface area contributed by atoms with Gasteiger partial charge in [0.05, 0.1) is 12.7 Å². The van der Waals surface area contributed by atoms with Crippen LogP contribution >= 0.6 is 0 Å². The monoisotopic (exact) mass is 277 g/mol. The Morgan fingerprint density at radius 3 is 2.70 bits per heavy atom. The van der Waals surface area contributed by atoms with Crippen molar-refractivity contribution in [2.45, 2.75) is 32.7 Å². The number of likely N-dealkylation sites (tertiary alicyclic amines) is 1. The fraction of sp³-hybridized carbons (Fsp3) is 0.643. The number of amides is 2. The summed E-state index contributed by atoms with van der Waals surface area (Å²) in [5.74, 6) is 1.26. The summed E-state index contributed by atoms with van der Waals surface area (Å²) in [6.07, 6.45) is 3.98. The van der Waals surface area contributed by atoms with Crippen LogP contribution in [-0.4, -0.2) is 46.4 Å². The molecule has 2 aliphatic heterocycles. The van der Waals surface area contributed by atoms with Gasteiger partial charge in [0.1, 0.15) is 5.76 Å². The van der Waals surface area contributed by atoms with E-state index in [2.05, 4.69) is 5.16 Å². The summed E-state index contributed by atoms with van der Waals surface area (Å²) in [5.41, 5.74) is 1.02. The predicted molar refractivity (Wildman–Crippen MR) is 70.6 cm³/mol. The van der Waals surface area contributed by atoms with Crippen molar-refractivity contribution in [3.05, 3.63) is 17.5 Å². The van der Waals surface area contributed by atoms with Crippen molar-refractivity contribution in [3.8, 4) is 0 Å². The smallest absolute Gasteiger partial charge is 0.226 e. The molecule has 0 aromatic carbocycles. The molecule has 0 saturated carbocycles. The lowest BCUT2D eigenvalue weighted by Gasteiger charge is -2.34. The van der Waals surface area contributed by atoms with E-state index in [-0.39, 0.29) is 17.7 Å². The van der Waals surface area contributed by atoms with Crippen LogP contribution < -0.4 is 0 Å². The minimum atomic E-state index is 0.0482. The molecule has 6 heteroatoms. The van der Waals surface area contributed by atoms with Crippen LogP contribution in [0.25, 0.3) is 0 Å². The Balaban J connectivity index is 1.59. The highest BCUT2D eigenvalue weighted by atomic mass is 16.5. The number of nitrogens with zero attached hydrogens (tertiary/aromatic N) is 3. The van der Waals surface area contributed by atoms with Crippen LogP contribution in [0.15, 0.2) is 10.7 Å². The zero-order chi connectivity index (χ0) is 14.1. The molecule has 1 saturated heterocycles. The number of hydrogen-bond acceptors (Lipinski definition) is 4. The lowest BCUT2D eigenvalue weighted by atomic mass is 9.94. The molecule has 1 aromatic heterocycles. The molecule has 0 spiro atoms. The number of fused-ring (bicyclic) bond motifs is 1. The quantitative estimate of drug-likeness (QED) is 0.762. The topological polar surface area (TPSA) is 66.7 Å². The summed E-state index contributed by atoms with van der Waals surface area (Å²) in [6.45, 7) is 4.27. The zero-order valence-electron chi connectivity index (χ0n) is 11.7. The first-order valence-electron chi connectivity index (χ1n) is 7.12. The van der Waals surface area contributed by atoms with Crippen LogP contribution in [0.1, 0.15) is 31.1 Å². The van der Waals surface area contributed by atoms with Gasteiger partial charge in [0.2, 0.25) is 11.8 Å². The van der Waals surface area contributed by atoms with Crippen LogP contribution in [0.5, 0.6) is 0 Å². The van der Waals surface area contributed by atoms with Gasteiger partial charge in [-0.2, -0.15) is 0 Å². The van der Waals surface area contributed by atoms with Gasteiger partial charge < -0.3 is 14.3 Å². The van der Waals surface area contributed by atoms with E-state index >= 15 is 0 Å². The SMILES string of the molecule is CC(=O)N1CCC(C(=O)N2CCc3oncc3C2)CC1. The fourth-order valence-electron chi connectivity index (χ4n) is 3.03. The second-order valence-electron chi connectivity index (χ2n) is 5.56. The highest BCUT2D eigenvalue weighted by molar-refractivity contribution is 5.80. The largest absolute Gasteiger partial charge is 0.361 e. The second-order valence-corrected chi connectivity index (χ2v) is 5.56. The van der Waals surface area contributed by atoms with Crippen LogP contribution in [0.4, 0.5) is 0 Å². The lowest BCUT2D eigenvalue weighted by Crippen LogP contribution is -2.45. The predicted octanol–water partition coefficient (Wildman–Crippen LogP) is 0.818. The second kappa shape index (κ2) is 5.26. The molecular weight excluding hydrogens is 258 g/mol. The maximum absolute atomic E-state index is 12.5. The number of aromatic nitrogens is 1.